The number of likely N-dealkylation sites (tertiary alicyclic amines) is 1. The predicted octanol–water partition coefficient (Wildman–Crippen LogP) is -0.730. The summed E-state index contributed by atoms with van der Waals surface area (Å²) < 4.78 is 0. The summed E-state index contributed by atoms with van der Waals surface area (Å²) >= 11 is 0. The van der Waals surface area contributed by atoms with Crippen LogP contribution in [0, 0.1) is 6.92 Å². The van der Waals surface area contributed by atoms with E-state index >= 15 is 0 Å². The number of guanidine groups is 1. The van der Waals surface area contributed by atoms with Crippen molar-refractivity contribution in [3.8, 4) is 0 Å². The van der Waals surface area contributed by atoms with E-state index in [9.17, 15) is 9.59 Å². The van der Waals surface area contributed by atoms with Crippen LogP contribution in [0.25, 0.3) is 0 Å². The normalized spacial score (nSPS) is 19.2. The van der Waals surface area contributed by atoms with Crippen LogP contribution in [0.2, 0.25) is 0 Å². The number of piperidine rings is 1. The Bertz CT molecular complexity index is 721. The molecule has 1 spiro atoms. The minimum atomic E-state index is -0.818. The smallest absolute Gasteiger partial charge is 0.257 e. The molecule has 2 amide bonds. The first-order valence-corrected chi connectivity index (χ1v) is 7.79. The lowest BCUT2D eigenvalue weighted by Gasteiger charge is -2.35. The Morgan fingerprint density at radius 1 is 1.38 bits per heavy atom. The minimum Gasteiger partial charge on any atom is -0.370 e. The molecule has 3 N–H and O–H groups in total. The Morgan fingerprint density at radius 3 is 2.54 bits per heavy atom. The number of carbonyl (C=O) groups excluding carboxylic acids is 2. The van der Waals surface area contributed by atoms with Gasteiger partial charge in [0.05, 0.1) is 11.3 Å². The van der Waals surface area contributed by atoms with E-state index in [0.717, 1.165) is 0 Å². The topological polar surface area (TPSA) is 117 Å². The van der Waals surface area contributed by atoms with Crippen LogP contribution in [-0.4, -0.2) is 65.4 Å². The lowest BCUT2D eigenvalue weighted by Crippen LogP contribution is -2.50. The van der Waals surface area contributed by atoms with Crippen molar-refractivity contribution in [2.45, 2.75) is 25.3 Å². The van der Waals surface area contributed by atoms with Gasteiger partial charge in [0.2, 0.25) is 5.95 Å². The molecule has 1 aromatic rings. The summed E-state index contributed by atoms with van der Waals surface area (Å²) in [6, 6.07) is 0. The second-order valence-electron chi connectivity index (χ2n) is 6.34. The fourth-order valence-electron chi connectivity index (χ4n) is 3.01. The Balaban J connectivity index is 1.73. The van der Waals surface area contributed by atoms with Crippen LogP contribution in [0.4, 0.5) is 5.95 Å². The summed E-state index contributed by atoms with van der Waals surface area (Å²) in [4.78, 5) is 41.0. The van der Waals surface area contributed by atoms with Gasteiger partial charge in [-0.1, -0.05) is 0 Å². The van der Waals surface area contributed by atoms with Gasteiger partial charge >= 0.3 is 0 Å². The molecular weight excluding hydrogens is 310 g/mol. The highest BCUT2D eigenvalue weighted by Crippen LogP contribution is 2.30. The summed E-state index contributed by atoms with van der Waals surface area (Å²) in [6.45, 7) is 2.68. The van der Waals surface area contributed by atoms with Crippen molar-refractivity contribution in [2.75, 3.05) is 32.1 Å². The highest BCUT2D eigenvalue weighted by atomic mass is 16.2. The monoisotopic (exact) mass is 331 g/mol. The van der Waals surface area contributed by atoms with Crippen molar-refractivity contribution >= 4 is 23.7 Å². The van der Waals surface area contributed by atoms with Crippen molar-refractivity contribution in [3.63, 3.8) is 0 Å². The summed E-state index contributed by atoms with van der Waals surface area (Å²) in [5.74, 6) is 0.419. The molecule has 3 rings (SSSR count). The molecule has 128 valence electrons. The number of aromatic nitrogens is 2. The minimum absolute atomic E-state index is 0.122. The molecule has 0 radical (unpaired) electrons. The maximum atomic E-state index is 12.7. The Kier molecular flexibility index (Phi) is 3.86. The van der Waals surface area contributed by atoms with Crippen molar-refractivity contribution < 1.29 is 9.59 Å². The molecule has 0 aliphatic carbocycles. The average molecular weight is 331 g/mol. The standard InChI is InChI=1S/C15H21N7O2/c1-9-10(8-17-14(18-9)21(2)3)11(23)22-6-4-15(5-7-22)12(24)19-13(16)20-15/h8H,4-7H2,1-3H3,(H3,16,19,20,24). The number of nitrogens with one attached hydrogen (secondary N) is 1. The van der Waals surface area contributed by atoms with E-state index in [1.807, 2.05) is 14.1 Å². The molecule has 0 aromatic carbocycles. The molecular formula is C15H21N7O2. The van der Waals surface area contributed by atoms with Crippen LogP contribution in [-0.2, 0) is 4.79 Å². The van der Waals surface area contributed by atoms with Gasteiger partial charge in [-0.3, -0.25) is 14.9 Å². The third-order valence-electron chi connectivity index (χ3n) is 4.47. The van der Waals surface area contributed by atoms with Gasteiger partial charge in [-0.15, -0.1) is 0 Å². The number of nitrogens with zero attached hydrogens (tertiary/aromatic N) is 5. The predicted molar refractivity (Wildman–Crippen MR) is 88.7 cm³/mol. The molecule has 1 fully saturated rings. The third kappa shape index (κ3) is 2.66. The molecule has 9 nitrogen and oxygen atoms in total. The first-order chi connectivity index (χ1) is 11.3. The highest BCUT2D eigenvalue weighted by molar-refractivity contribution is 6.07. The molecule has 24 heavy (non-hydrogen) atoms. The van der Waals surface area contributed by atoms with E-state index in [1.54, 1.807) is 22.9 Å². The molecule has 9 heteroatoms. The Labute approximate surface area is 140 Å². The lowest BCUT2D eigenvalue weighted by atomic mass is 9.88. The van der Waals surface area contributed by atoms with Crippen molar-refractivity contribution in [1.82, 2.24) is 20.2 Å². The number of anilines is 1. The number of hydrogen-bond donors (Lipinski definition) is 2. The van der Waals surface area contributed by atoms with Crippen LogP contribution in [0.5, 0.6) is 0 Å². The molecule has 0 saturated carbocycles. The zero-order valence-electron chi connectivity index (χ0n) is 14.0. The van der Waals surface area contributed by atoms with Gasteiger partial charge in [0.1, 0.15) is 5.54 Å². The molecule has 1 saturated heterocycles. The molecule has 2 aliphatic rings. The molecule has 0 atom stereocenters. The number of carbonyl (C=O) groups is 2. The molecule has 0 bridgehead atoms. The number of aliphatic imine (C=N–C) groups is 1. The zero-order chi connectivity index (χ0) is 17.5. The second-order valence-corrected chi connectivity index (χ2v) is 6.34. The van der Waals surface area contributed by atoms with Crippen molar-refractivity contribution in [2.24, 2.45) is 10.7 Å². The Hall–Kier alpha value is -2.71. The lowest BCUT2D eigenvalue weighted by molar-refractivity contribution is -0.125. The maximum Gasteiger partial charge on any atom is 0.257 e. The Morgan fingerprint density at radius 2 is 2.04 bits per heavy atom. The van der Waals surface area contributed by atoms with Gasteiger partial charge in [-0.05, 0) is 19.8 Å². The van der Waals surface area contributed by atoms with E-state index in [2.05, 4.69) is 20.3 Å². The van der Waals surface area contributed by atoms with Crippen LogP contribution in [0.3, 0.4) is 0 Å². The number of hydrogen-bond acceptors (Lipinski definition) is 7. The highest BCUT2D eigenvalue weighted by Gasteiger charge is 2.46. The molecule has 1 aromatic heterocycles. The quantitative estimate of drug-likeness (QED) is 0.738. The fraction of sp³-hybridized carbons (Fsp3) is 0.533. The van der Waals surface area contributed by atoms with Gasteiger partial charge in [0, 0.05) is 33.4 Å². The summed E-state index contributed by atoms with van der Waals surface area (Å²) in [5, 5.41) is 2.54. The molecule has 2 aliphatic heterocycles. The number of nitrogens with two attached hydrogens (primary N) is 1. The van der Waals surface area contributed by atoms with Gasteiger partial charge in [0.25, 0.3) is 11.8 Å². The van der Waals surface area contributed by atoms with E-state index in [0.29, 0.717) is 43.1 Å². The number of amides is 2. The fourth-order valence-corrected chi connectivity index (χ4v) is 3.01. The van der Waals surface area contributed by atoms with E-state index < -0.39 is 5.54 Å². The van der Waals surface area contributed by atoms with Gasteiger partial charge < -0.3 is 15.5 Å². The first kappa shape index (κ1) is 16.2. The van der Waals surface area contributed by atoms with E-state index in [4.69, 9.17) is 5.73 Å². The van der Waals surface area contributed by atoms with E-state index in [1.165, 1.54) is 0 Å². The maximum absolute atomic E-state index is 12.7. The van der Waals surface area contributed by atoms with Gasteiger partial charge in [0.15, 0.2) is 5.96 Å². The SMILES string of the molecule is Cc1nc(N(C)C)ncc1C(=O)N1CCC2(CC1)N=C(N)NC2=O. The van der Waals surface area contributed by atoms with Crippen LogP contribution in [0.15, 0.2) is 11.2 Å². The average Bonchev–Trinajstić information content (AvgIpc) is 2.81. The summed E-state index contributed by atoms with van der Waals surface area (Å²) in [6.07, 6.45) is 2.48. The number of aryl methyl sites for hydroxylation is 1. The zero-order valence-corrected chi connectivity index (χ0v) is 14.0. The second kappa shape index (κ2) is 5.73. The summed E-state index contributed by atoms with van der Waals surface area (Å²) in [7, 11) is 3.69. The van der Waals surface area contributed by atoms with Gasteiger partial charge in [-0.2, -0.15) is 0 Å². The number of rotatable bonds is 2. The van der Waals surface area contributed by atoms with Crippen molar-refractivity contribution in [1.29, 1.82) is 0 Å². The largest absolute Gasteiger partial charge is 0.370 e. The summed E-state index contributed by atoms with van der Waals surface area (Å²) in [5.41, 5.74) is 5.89. The first-order valence-electron chi connectivity index (χ1n) is 7.79. The van der Waals surface area contributed by atoms with Crippen molar-refractivity contribution in [3.05, 3.63) is 17.5 Å². The van der Waals surface area contributed by atoms with Crippen LogP contribution >= 0.6 is 0 Å². The van der Waals surface area contributed by atoms with Crippen LogP contribution in [0.1, 0.15) is 28.9 Å². The molecule has 3 heterocycles. The van der Waals surface area contributed by atoms with E-state index in [-0.39, 0.29) is 17.8 Å². The van der Waals surface area contributed by atoms with Crippen LogP contribution < -0.4 is 16.0 Å². The van der Waals surface area contributed by atoms with Gasteiger partial charge in [-0.25, -0.2) is 15.0 Å². The molecule has 0 unspecified atom stereocenters. The third-order valence-corrected chi connectivity index (χ3v) is 4.47.